The molecule has 4 rings (SSSR count). The summed E-state index contributed by atoms with van der Waals surface area (Å²) < 4.78 is 50.1. The Morgan fingerprint density at radius 2 is 2.03 bits per heavy atom. The largest absolute Gasteiger partial charge is 0.489 e. The van der Waals surface area contributed by atoms with Gasteiger partial charge in [-0.2, -0.15) is 13.2 Å². The van der Waals surface area contributed by atoms with Crippen LogP contribution < -0.4 is 10.1 Å². The number of fused-ring (bicyclic) bond motifs is 1. The van der Waals surface area contributed by atoms with Crippen molar-refractivity contribution in [2.24, 2.45) is 0 Å². The number of alkyl halides is 3. The van der Waals surface area contributed by atoms with Crippen molar-refractivity contribution in [1.29, 1.82) is 0 Å². The van der Waals surface area contributed by atoms with E-state index in [1.54, 1.807) is 25.1 Å². The van der Waals surface area contributed by atoms with E-state index >= 15 is 0 Å². The molecule has 2 N–H and O–H groups in total. The average molecular weight is 462 g/mol. The van der Waals surface area contributed by atoms with Crippen LogP contribution >= 0.6 is 0 Å². The predicted octanol–water partition coefficient (Wildman–Crippen LogP) is 4.82. The first-order valence-electron chi connectivity index (χ1n) is 10.2. The number of carbonyl (C=O) groups excluding carboxylic acids is 1. The Morgan fingerprint density at radius 3 is 2.73 bits per heavy atom. The Kier molecular flexibility index (Phi) is 5.92. The Morgan fingerprint density at radius 1 is 1.24 bits per heavy atom. The van der Waals surface area contributed by atoms with Gasteiger partial charge in [0.15, 0.2) is 0 Å². The number of ether oxygens (including phenoxy) is 1. The van der Waals surface area contributed by atoms with Crippen LogP contribution in [0.3, 0.4) is 0 Å². The van der Waals surface area contributed by atoms with Gasteiger partial charge in [0.25, 0.3) is 5.91 Å². The normalized spacial score (nSPS) is 16.2. The molecule has 10 heteroatoms. The van der Waals surface area contributed by atoms with Gasteiger partial charge < -0.3 is 24.5 Å². The number of carboxylic acid groups (broad SMARTS) is 1. The molecule has 2 heterocycles. The summed E-state index contributed by atoms with van der Waals surface area (Å²) in [6.45, 7) is 2.12. The Bertz CT molecular complexity index is 1200. The smallest absolute Gasteiger partial charge is 0.416 e. The molecule has 0 spiro atoms. The van der Waals surface area contributed by atoms with Crippen molar-refractivity contribution in [3.8, 4) is 5.75 Å². The highest BCUT2D eigenvalue weighted by atomic mass is 19.4. The summed E-state index contributed by atoms with van der Waals surface area (Å²) in [7, 11) is 0. The molecule has 33 heavy (non-hydrogen) atoms. The van der Waals surface area contributed by atoms with Crippen LogP contribution in [0.5, 0.6) is 5.75 Å². The zero-order chi connectivity index (χ0) is 23.8. The van der Waals surface area contributed by atoms with E-state index in [9.17, 15) is 22.8 Å². The standard InChI is InChI=1S/C23H21F3N2O5/c1-13-20(21(29)27-16-7-8-28(11-16)22(30)31)18-10-17(5-6-19(18)33-13)32-12-14-3-2-4-15(9-14)23(24,25)26/h2-6,9-10,16H,7-8,11-12H2,1H3,(H,27,29)(H,30,31)/t16-/m0/s1. The molecule has 3 aromatic rings. The van der Waals surface area contributed by atoms with E-state index < -0.39 is 23.7 Å². The van der Waals surface area contributed by atoms with Crippen molar-refractivity contribution < 1.29 is 37.0 Å². The van der Waals surface area contributed by atoms with Gasteiger partial charge in [-0.05, 0) is 49.2 Å². The number of hydrogen-bond donors (Lipinski definition) is 2. The number of hydrogen-bond acceptors (Lipinski definition) is 4. The molecule has 2 amide bonds. The Hall–Kier alpha value is -3.69. The molecule has 1 aromatic heterocycles. The van der Waals surface area contributed by atoms with Crippen LogP contribution in [0.4, 0.5) is 18.0 Å². The van der Waals surface area contributed by atoms with Crippen molar-refractivity contribution in [3.63, 3.8) is 0 Å². The number of halogens is 3. The fourth-order valence-corrected chi connectivity index (χ4v) is 3.88. The number of amides is 2. The average Bonchev–Trinajstić information content (AvgIpc) is 3.35. The van der Waals surface area contributed by atoms with Crippen LogP contribution in [0.15, 0.2) is 46.9 Å². The molecular formula is C23H21F3N2O5. The lowest BCUT2D eigenvalue weighted by Gasteiger charge is -2.14. The van der Waals surface area contributed by atoms with E-state index in [4.69, 9.17) is 14.3 Å². The number of benzene rings is 2. The SMILES string of the molecule is Cc1oc2ccc(OCc3cccc(C(F)(F)F)c3)cc2c1C(=O)N[C@H]1CCN(C(=O)O)C1. The van der Waals surface area contributed by atoms with Gasteiger partial charge in [-0.3, -0.25) is 4.79 Å². The summed E-state index contributed by atoms with van der Waals surface area (Å²) in [5.41, 5.74) is 0.373. The monoisotopic (exact) mass is 462 g/mol. The van der Waals surface area contributed by atoms with Crippen molar-refractivity contribution in [3.05, 3.63) is 64.9 Å². The second-order valence-corrected chi connectivity index (χ2v) is 7.87. The van der Waals surface area contributed by atoms with Gasteiger partial charge in [0, 0.05) is 24.5 Å². The molecule has 0 saturated carbocycles. The molecular weight excluding hydrogens is 441 g/mol. The van der Waals surface area contributed by atoms with Crippen LogP contribution in [0.2, 0.25) is 0 Å². The van der Waals surface area contributed by atoms with E-state index in [2.05, 4.69) is 5.32 Å². The minimum Gasteiger partial charge on any atom is -0.489 e. The van der Waals surface area contributed by atoms with Gasteiger partial charge >= 0.3 is 12.3 Å². The number of nitrogens with zero attached hydrogens (tertiary/aromatic N) is 1. The molecule has 0 unspecified atom stereocenters. The fourth-order valence-electron chi connectivity index (χ4n) is 3.88. The van der Waals surface area contributed by atoms with Crippen molar-refractivity contribution in [2.45, 2.75) is 32.2 Å². The van der Waals surface area contributed by atoms with Crippen molar-refractivity contribution in [1.82, 2.24) is 10.2 Å². The topological polar surface area (TPSA) is 92.0 Å². The molecule has 1 aliphatic heterocycles. The van der Waals surface area contributed by atoms with Crippen LogP contribution in [0.1, 0.15) is 33.7 Å². The first kappa shape index (κ1) is 22.5. The van der Waals surface area contributed by atoms with E-state index in [0.29, 0.717) is 46.6 Å². The van der Waals surface area contributed by atoms with Crippen LogP contribution in [0.25, 0.3) is 11.0 Å². The molecule has 7 nitrogen and oxygen atoms in total. The summed E-state index contributed by atoms with van der Waals surface area (Å²) >= 11 is 0. The molecule has 0 aliphatic carbocycles. The van der Waals surface area contributed by atoms with E-state index in [1.807, 2.05) is 0 Å². The fraction of sp³-hybridized carbons (Fsp3) is 0.304. The number of aryl methyl sites for hydroxylation is 1. The third-order valence-corrected chi connectivity index (χ3v) is 5.52. The Labute approximate surface area is 186 Å². The molecule has 0 radical (unpaired) electrons. The maximum absolute atomic E-state index is 12.9. The maximum atomic E-state index is 12.9. The number of carbonyl (C=O) groups is 2. The van der Waals surface area contributed by atoms with Gasteiger partial charge in [-0.1, -0.05) is 12.1 Å². The summed E-state index contributed by atoms with van der Waals surface area (Å²) in [4.78, 5) is 25.2. The maximum Gasteiger partial charge on any atom is 0.416 e. The van der Waals surface area contributed by atoms with Crippen LogP contribution in [0, 0.1) is 6.92 Å². The van der Waals surface area contributed by atoms with Gasteiger partial charge in [0.2, 0.25) is 0 Å². The third kappa shape index (κ3) is 4.89. The highest BCUT2D eigenvalue weighted by Gasteiger charge is 2.31. The van der Waals surface area contributed by atoms with Crippen LogP contribution in [-0.2, 0) is 12.8 Å². The molecule has 174 valence electrons. The molecule has 1 aliphatic rings. The summed E-state index contributed by atoms with van der Waals surface area (Å²) in [6.07, 6.45) is -4.95. The van der Waals surface area contributed by atoms with Crippen LogP contribution in [-0.4, -0.2) is 41.1 Å². The second-order valence-electron chi connectivity index (χ2n) is 7.87. The van der Waals surface area contributed by atoms with Gasteiger partial charge in [-0.15, -0.1) is 0 Å². The van der Waals surface area contributed by atoms with Gasteiger partial charge in [0.05, 0.1) is 11.1 Å². The van der Waals surface area contributed by atoms with E-state index in [-0.39, 0.29) is 19.2 Å². The molecule has 1 atom stereocenters. The van der Waals surface area contributed by atoms with Crippen molar-refractivity contribution >= 4 is 23.0 Å². The zero-order valence-electron chi connectivity index (χ0n) is 17.6. The highest BCUT2D eigenvalue weighted by molar-refractivity contribution is 6.07. The lowest BCUT2D eigenvalue weighted by molar-refractivity contribution is -0.137. The Balaban J connectivity index is 1.50. The number of furan rings is 1. The first-order chi connectivity index (χ1) is 15.6. The number of nitrogens with one attached hydrogen (secondary N) is 1. The molecule has 0 bridgehead atoms. The lowest BCUT2D eigenvalue weighted by Crippen LogP contribution is -2.38. The predicted molar refractivity (Wildman–Crippen MR) is 112 cm³/mol. The molecule has 1 fully saturated rings. The molecule has 2 aromatic carbocycles. The number of rotatable bonds is 5. The minimum atomic E-state index is -4.44. The second kappa shape index (κ2) is 8.68. The van der Waals surface area contributed by atoms with E-state index in [1.165, 1.54) is 17.0 Å². The van der Waals surface area contributed by atoms with Gasteiger partial charge in [0.1, 0.15) is 23.7 Å². The number of likely N-dealkylation sites (tertiary alicyclic amines) is 1. The zero-order valence-corrected chi connectivity index (χ0v) is 17.6. The van der Waals surface area contributed by atoms with Crippen molar-refractivity contribution in [2.75, 3.05) is 13.1 Å². The highest BCUT2D eigenvalue weighted by Crippen LogP contribution is 2.31. The molecule has 1 saturated heterocycles. The third-order valence-electron chi connectivity index (χ3n) is 5.52. The summed E-state index contributed by atoms with van der Waals surface area (Å²) in [5.74, 6) is 0.372. The first-order valence-corrected chi connectivity index (χ1v) is 10.2. The van der Waals surface area contributed by atoms with Gasteiger partial charge in [-0.25, -0.2) is 4.79 Å². The van der Waals surface area contributed by atoms with E-state index in [0.717, 1.165) is 12.1 Å². The quantitative estimate of drug-likeness (QED) is 0.567. The summed E-state index contributed by atoms with van der Waals surface area (Å²) in [6, 6.07) is 9.42. The minimum absolute atomic E-state index is 0.0825. The summed E-state index contributed by atoms with van der Waals surface area (Å²) in [5, 5.41) is 12.4. The lowest BCUT2D eigenvalue weighted by atomic mass is 10.1.